The van der Waals surface area contributed by atoms with Crippen LogP contribution in [-0.4, -0.2) is 17.5 Å². The maximum absolute atomic E-state index is 2.82. The normalized spacial score (nSPS) is 32.3. The molecule has 0 bridgehead atoms. The third kappa shape index (κ3) is 2.12. The predicted molar refractivity (Wildman–Crippen MR) is 81.2 cm³/mol. The van der Waals surface area contributed by atoms with Crippen LogP contribution < -0.4 is 0 Å². The molecular formula is C18H27N. The fourth-order valence-corrected chi connectivity index (χ4v) is 4.69. The number of likely N-dealkylation sites (tertiary alicyclic amines) is 1. The van der Waals surface area contributed by atoms with Gasteiger partial charge in [-0.15, -0.1) is 0 Å². The molecule has 0 spiro atoms. The number of piperidine rings is 1. The van der Waals surface area contributed by atoms with Crippen LogP contribution in [0.5, 0.6) is 0 Å². The van der Waals surface area contributed by atoms with Gasteiger partial charge in [0.05, 0.1) is 0 Å². The van der Waals surface area contributed by atoms with Crippen molar-refractivity contribution in [3.05, 3.63) is 35.9 Å². The van der Waals surface area contributed by atoms with Gasteiger partial charge in [-0.3, -0.25) is 4.90 Å². The van der Waals surface area contributed by atoms with Gasteiger partial charge in [0.25, 0.3) is 0 Å². The van der Waals surface area contributed by atoms with E-state index in [-0.39, 0.29) is 0 Å². The Hall–Kier alpha value is -0.820. The monoisotopic (exact) mass is 257 g/mol. The van der Waals surface area contributed by atoms with E-state index < -0.39 is 0 Å². The van der Waals surface area contributed by atoms with Crippen LogP contribution in [0.3, 0.4) is 0 Å². The molecule has 1 aromatic carbocycles. The maximum atomic E-state index is 2.82. The van der Waals surface area contributed by atoms with E-state index in [4.69, 9.17) is 0 Å². The van der Waals surface area contributed by atoms with Gasteiger partial charge >= 0.3 is 0 Å². The highest BCUT2D eigenvalue weighted by atomic mass is 15.2. The Bertz CT molecular complexity index is 409. The van der Waals surface area contributed by atoms with E-state index in [1.54, 1.807) is 5.56 Å². The zero-order chi connectivity index (χ0) is 13.3. The molecule has 0 radical (unpaired) electrons. The van der Waals surface area contributed by atoms with Crippen LogP contribution in [-0.2, 0) is 5.54 Å². The molecule has 19 heavy (non-hydrogen) atoms. The number of hydrogen-bond acceptors (Lipinski definition) is 1. The summed E-state index contributed by atoms with van der Waals surface area (Å²) in [6.07, 6.45) is 8.44. The topological polar surface area (TPSA) is 3.24 Å². The smallest absolute Gasteiger partial charge is 0.0491 e. The molecule has 104 valence electrons. The van der Waals surface area contributed by atoms with E-state index in [9.17, 15) is 0 Å². The van der Waals surface area contributed by atoms with Crippen LogP contribution in [0.25, 0.3) is 0 Å². The number of fused-ring (bicyclic) bond motifs is 1. The summed E-state index contributed by atoms with van der Waals surface area (Å²) in [7, 11) is 0. The lowest BCUT2D eigenvalue weighted by atomic mass is 9.64. The maximum Gasteiger partial charge on any atom is 0.0491 e. The quantitative estimate of drug-likeness (QED) is 0.750. The highest BCUT2D eigenvalue weighted by Gasteiger charge is 2.48. The summed E-state index contributed by atoms with van der Waals surface area (Å²) < 4.78 is 0. The Morgan fingerprint density at radius 2 is 1.79 bits per heavy atom. The highest BCUT2D eigenvalue weighted by Crippen LogP contribution is 2.51. The van der Waals surface area contributed by atoms with Crippen molar-refractivity contribution >= 4 is 0 Å². The molecule has 0 amide bonds. The van der Waals surface area contributed by atoms with Crippen LogP contribution in [0.1, 0.15) is 57.9 Å². The SMILES string of the molecule is CC(C)N1CCCC2CCCCC21c1ccccc1. The lowest BCUT2D eigenvalue weighted by molar-refractivity contribution is -0.0587. The Kier molecular flexibility index (Phi) is 3.66. The van der Waals surface area contributed by atoms with Crippen molar-refractivity contribution < 1.29 is 0 Å². The number of nitrogens with zero attached hydrogens (tertiary/aromatic N) is 1. The summed E-state index contributed by atoms with van der Waals surface area (Å²) in [5.74, 6) is 0.875. The molecule has 1 heteroatoms. The summed E-state index contributed by atoms with van der Waals surface area (Å²) in [6.45, 7) is 6.03. The van der Waals surface area contributed by atoms with E-state index >= 15 is 0 Å². The molecule has 1 nitrogen and oxygen atoms in total. The molecule has 2 fully saturated rings. The molecule has 0 aromatic heterocycles. The van der Waals surface area contributed by atoms with Crippen molar-refractivity contribution in [3.63, 3.8) is 0 Å². The Labute approximate surface area is 118 Å². The van der Waals surface area contributed by atoms with Crippen molar-refractivity contribution in [2.75, 3.05) is 6.54 Å². The molecule has 1 aromatic rings. The average Bonchev–Trinajstić information content (AvgIpc) is 2.47. The van der Waals surface area contributed by atoms with Gasteiger partial charge in [0.1, 0.15) is 0 Å². The van der Waals surface area contributed by atoms with Gasteiger partial charge in [-0.25, -0.2) is 0 Å². The van der Waals surface area contributed by atoms with E-state index in [1.807, 2.05) is 0 Å². The summed E-state index contributed by atoms with van der Waals surface area (Å²) in [4.78, 5) is 2.82. The van der Waals surface area contributed by atoms with Gasteiger partial charge in [-0.05, 0) is 57.6 Å². The lowest BCUT2D eigenvalue weighted by Gasteiger charge is -2.57. The van der Waals surface area contributed by atoms with Crippen molar-refractivity contribution in [1.82, 2.24) is 4.90 Å². The van der Waals surface area contributed by atoms with E-state index in [0.717, 1.165) is 5.92 Å². The second-order valence-electron chi connectivity index (χ2n) is 6.66. The first-order valence-electron chi connectivity index (χ1n) is 8.07. The van der Waals surface area contributed by atoms with Crippen LogP contribution >= 0.6 is 0 Å². The largest absolute Gasteiger partial charge is 0.291 e. The fraction of sp³-hybridized carbons (Fsp3) is 0.667. The Balaban J connectivity index is 2.07. The predicted octanol–water partition coefficient (Wildman–Crippen LogP) is 4.58. The van der Waals surface area contributed by atoms with Crippen LogP contribution in [0.4, 0.5) is 0 Å². The summed E-state index contributed by atoms with van der Waals surface area (Å²) >= 11 is 0. The second-order valence-corrected chi connectivity index (χ2v) is 6.66. The first-order valence-corrected chi connectivity index (χ1v) is 8.07. The zero-order valence-corrected chi connectivity index (χ0v) is 12.4. The van der Waals surface area contributed by atoms with Gasteiger partial charge in [0.15, 0.2) is 0 Å². The fourth-order valence-electron chi connectivity index (χ4n) is 4.69. The van der Waals surface area contributed by atoms with Gasteiger partial charge in [0, 0.05) is 11.6 Å². The molecule has 2 unspecified atom stereocenters. The van der Waals surface area contributed by atoms with Gasteiger partial charge in [-0.2, -0.15) is 0 Å². The minimum atomic E-state index is 0.339. The minimum Gasteiger partial charge on any atom is -0.291 e. The van der Waals surface area contributed by atoms with Crippen molar-refractivity contribution in [2.45, 2.75) is 64.0 Å². The first-order chi connectivity index (χ1) is 9.25. The van der Waals surface area contributed by atoms with Crippen molar-refractivity contribution in [1.29, 1.82) is 0 Å². The summed E-state index contributed by atoms with van der Waals surface area (Å²) in [5, 5.41) is 0. The molecular weight excluding hydrogens is 230 g/mol. The van der Waals surface area contributed by atoms with E-state index in [2.05, 4.69) is 49.1 Å². The highest BCUT2D eigenvalue weighted by molar-refractivity contribution is 5.27. The molecule has 3 rings (SSSR count). The number of benzene rings is 1. The molecule has 2 atom stereocenters. The molecule has 2 aliphatic rings. The Morgan fingerprint density at radius 3 is 2.53 bits per heavy atom. The molecule has 0 N–H and O–H groups in total. The molecule has 1 aliphatic carbocycles. The lowest BCUT2D eigenvalue weighted by Crippen LogP contribution is -2.58. The Morgan fingerprint density at radius 1 is 1.05 bits per heavy atom. The molecule has 1 aliphatic heterocycles. The summed E-state index contributed by atoms with van der Waals surface area (Å²) in [6, 6.07) is 12.0. The zero-order valence-electron chi connectivity index (χ0n) is 12.4. The average molecular weight is 257 g/mol. The molecule has 1 saturated heterocycles. The summed E-state index contributed by atoms with van der Waals surface area (Å²) in [5.41, 5.74) is 1.92. The van der Waals surface area contributed by atoms with Crippen molar-refractivity contribution in [2.24, 2.45) is 5.92 Å². The standard InChI is InChI=1S/C18H27N/c1-15(2)19-14-8-12-17-11-6-7-13-18(17,19)16-9-4-3-5-10-16/h3-5,9-10,15,17H,6-8,11-14H2,1-2H3. The van der Waals surface area contributed by atoms with Gasteiger partial charge < -0.3 is 0 Å². The molecule has 1 saturated carbocycles. The van der Waals surface area contributed by atoms with Gasteiger partial charge in [0.2, 0.25) is 0 Å². The number of hydrogen-bond donors (Lipinski definition) is 0. The second kappa shape index (κ2) is 5.28. The van der Waals surface area contributed by atoms with Crippen LogP contribution in [0.15, 0.2) is 30.3 Å². The van der Waals surface area contributed by atoms with E-state index in [1.165, 1.54) is 45.1 Å². The molecule has 1 heterocycles. The van der Waals surface area contributed by atoms with E-state index in [0.29, 0.717) is 11.6 Å². The third-order valence-electron chi connectivity index (χ3n) is 5.40. The van der Waals surface area contributed by atoms with Gasteiger partial charge in [-0.1, -0.05) is 43.2 Å². The minimum absolute atomic E-state index is 0.339. The first kappa shape index (κ1) is 13.2. The van der Waals surface area contributed by atoms with Crippen LogP contribution in [0.2, 0.25) is 0 Å². The third-order valence-corrected chi connectivity index (χ3v) is 5.40. The van der Waals surface area contributed by atoms with Crippen molar-refractivity contribution in [3.8, 4) is 0 Å². The number of rotatable bonds is 2. The van der Waals surface area contributed by atoms with Crippen LogP contribution in [0, 0.1) is 5.92 Å².